The lowest BCUT2D eigenvalue weighted by molar-refractivity contribution is 0.352. The molecule has 0 amide bonds. The second-order valence-electron chi connectivity index (χ2n) is 3.69. The summed E-state index contributed by atoms with van der Waals surface area (Å²) < 4.78 is 1.08. The van der Waals surface area contributed by atoms with E-state index in [1.54, 1.807) is 6.33 Å². The van der Waals surface area contributed by atoms with Crippen molar-refractivity contribution in [1.29, 1.82) is 0 Å². The quantitative estimate of drug-likeness (QED) is 0.856. The van der Waals surface area contributed by atoms with Gasteiger partial charge in [0.05, 0.1) is 3.57 Å². The Balaban J connectivity index is 1.75. The van der Waals surface area contributed by atoms with Crippen molar-refractivity contribution in [2.75, 3.05) is 31.5 Å². The third-order valence-corrected chi connectivity index (χ3v) is 3.38. The van der Waals surface area contributed by atoms with E-state index in [9.17, 15) is 0 Å². The minimum Gasteiger partial charge on any atom is -0.368 e. The van der Waals surface area contributed by atoms with Crippen LogP contribution in [0.4, 0.5) is 5.82 Å². The van der Waals surface area contributed by atoms with Crippen LogP contribution in [0.1, 0.15) is 12.8 Å². The predicted molar refractivity (Wildman–Crippen MR) is 68.9 cm³/mol. The molecule has 1 N–H and O–H groups in total. The highest BCUT2D eigenvalue weighted by molar-refractivity contribution is 14.1. The number of hydrogen-bond donors (Lipinski definition) is 1. The van der Waals surface area contributed by atoms with Crippen molar-refractivity contribution in [3.05, 3.63) is 16.1 Å². The summed E-state index contributed by atoms with van der Waals surface area (Å²) in [7, 11) is 0. The molecule has 1 aliphatic rings. The Hall–Kier alpha value is -0.430. The van der Waals surface area contributed by atoms with Gasteiger partial charge in [0.2, 0.25) is 0 Å². The van der Waals surface area contributed by atoms with E-state index in [-0.39, 0.29) is 0 Å². The molecule has 0 spiro atoms. The Morgan fingerprint density at radius 2 is 2.20 bits per heavy atom. The maximum Gasteiger partial charge on any atom is 0.142 e. The number of likely N-dealkylation sites (tertiary alicyclic amines) is 1. The minimum absolute atomic E-state index is 0.949. The van der Waals surface area contributed by atoms with Crippen LogP contribution in [0.5, 0.6) is 0 Å². The summed E-state index contributed by atoms with van der Waals surface area (Å²) in [5, 5.41) is 3.34. The Labute approximate surface area is 104 Å². The zero-order valence-corrected chi connectivity index (χ0v) is 10.8. The van der Waals surface area contributed by atoms with Gasteiger partial charge in [0.25, 0.3) is 0 Å². The molecular weight excluding hydrogens is 303 g/mol. The van der Waals surface area contributed by atoms with Crippen molar-refractivity contribution < 1.29 is 0 Å². The smallest absolute Gasteiger partial charge is 0.142 e. The largest absolute Gasteiger partial charge is 0.368 e. The van der Waals surface area contributed by atoms with E-state index < -0.39 is 0 Å². The predicted octanol–water partition coefficient (Wildman–Crippen LogP) is 1.59. The second kappa shape index (κ2) is 5.60. The first-order valence-electron chi connectivity index (χ1n) is 5.28. The van der Waals surface area contributed by atoms with Crippen molar-refractivity contribution >= 4 is 28.4 Å². The molecule has 0 bridgehead atoms. The molecule has 1 fully saturated rings. The number of aromatic nitrogens is 2. The fourth-order valence-corrected chi connectivity index (χ4v) is 2.27. The zero-order chi connectivity index (χ0) is 10.5. The van der Waals surface area contributed by atoms with Crippen LogP contribution in [-0.2, 0) is 0 Å². The summed E-state index contributed by atoms with van der Waals surface area (Å²) >= 11 is 2.25. The van der Waals surface area contributed by atoms with Gasteiger partial charge in [-0.2, -0.15) is 0 Å². The molecule has 0 aliphatic carbocycles. The van der Waals surface area contributed by atoms with Crippen LogP contribution in [-0.4, -0.2) is 41.0 Å². The Morgan fingerprint density at radius 3 is 2.93 bits per heavy atom. The van der Waals surface area contributed by atoms with Crippen LogP contribution in [0, 0.1) is 3.57 Å². The van der Waals surface area contributed by atoms with Crippen molar-refractivity contribution in [3.63, 3.8) is 0 Å². The van der Waals surface area contributed by atoms with Crippen LogP contribution in [0.2, 0.25) is 0 Å². The number of halogens is 1. The van der Waals surface area contributed by atoms with Crippen LogP contribution in [0.15, 0.2) is 12.5 Å². The first-order valence-corrected chi connectivity index (χ1v) is 6.36. The number of nitrogens with zero attached hydrogens (tertiary/aromatic N) is 3. The average Bonchev–Trinajstić information content (AvgIpc) is 2.74. The third-order valence-electron chi connectivity index (χ3n) is 2.59. The first kappa shape index (κ1) is 11.1. The molecule has 2 rings (SSSR count). The van der Waals surface area contributed by atoms with Gasteiger partial charge in [0.15, 0.2) is 0 Å². The first-order chi connectivity index (χ1) is 7.36. The molecular formula is C10H15IN4. The number of anilines is 1. The molecule has 1 aliphatic heterocycles. The summed E-state index contributed by atoms with van der Waals surface area (Å²) in [5.41, 5.74) is 0. The van der Waals surface area contributed by atoms with E-state index >= 15 is 0 Å². The normalized spacial score (nSPS) is 16.9. The molecule has 1 aromatic heterocycles. The van der Waals surface area contributed by atoms with E-state index in [0.717, 1.165) is 22.5 Å². The van der Waals surface area contributed by atoms with Gasteiger partial charge in [0.1, 0.15) is 12.1 Å². The number of nitrogens with one attached hydrogen (secondary N) is 1. The minimum atomic E-state index is 0.949. The fourth-order valence-electron chi connectivity index (χ4n) is 1.78. The van der Waals surface area contributed by atoms with Gasteiger partial charge in [0, 0.05) is 19.3 Å². The molecule has 4 nitrogen and oxygen atoms in total. The third kappa shape index (κ3) is 3.27. The summed E-state index contributed by atoms with van der Waals surface area (Å²) in [6.07, 6.45) is 6.11. The summed E-state index contributed by atoms with van der Waals surface area (Å²) in [6, 6.07) is 0. The van der Waals surface area contributed by atoms with Crippen molar-refractivity contribution in [2.45, 2.75) is 12.8 Å². The highest BCUT2D eigenvalue weighted by Gasteiger charge is 2.10. The van der Waals surface area contributed by atoms with Gasteiger partial charge in [-0.15, -0.1) is 0 Å². The van der Waals surface area contributed by atoms with Gasteiger partial charge < -0.3 is 10.2 Å². The molecule has 82 valence electrons. The lowest BCUT2D eigenvalue weighted by Crippen LogP contribution is -2.26. The number of rotatable bonds is 4. The topological polar surface area (TPSA) is 41.1 Å². The molecule has 0 aromatic carbocycles. The van der Waals surface area contributed by atoms with E-state index in [1.807, 2.05) is 6.20 Å². The van der Waals surface area contributed by atoms with E-state index in [0.29, 0.717) is 0 Å². The zero-order valence-electron chi connectivity index (χ0n) is 8.62. The maximum absolute atomic E-state index is 4.19. The van der Waals surface area contributed by atoms with Crippen molar-refractivity contribution in [3.8, 4) is 0 Å². The van der Waals surface area contributed by atoms with E-state index in [1.165, 1.54) is 25.9 Å². The molecule has 0 unspecified atom stereocenters. The van der Waals surface area contributed by atoms with Gasteiger partial charge in [-0.25, -0.2) is 9.97 Å². The Kier molecular flexibility index (Phi) is 4.13. The van der Waals surface area contributed by atoms with Gasteiger partial charge in [-0.1, -0.05) is 0 Å². The standard InChI is InChI=1S/C10H15IN4/c11-9-7-12-8-14-10(9)13-3-6-15-4-1-2-5-15/h7-8H,1-6H2,(H,12,13,14). The van der Waals surface area contributed by atoms with Crippen LogP contribution >= 0.6 is 22.6 Å². The summed E-state index contributed by atoms with van der Waals surface area (Å²) in [5.74, 6) is 0.949. The molecule has 1 saturated heterocycles. The SMILES string of the molecule is Ic1cncnc1NCCN1CCCC1. The van der Waals surface area contributed by atoms with Crippen LogP contribution in [0.3, 0.4) is 0 Å². The molecule has 1 aromatic rings. The molecule has 0 radical (unpaired) electrons. The summed E-state index contributed by atoms with van der Waals surface area (Å²) in [4.78, 5) is 10.6. The molecule has 2 heterocycles. The van der Waals surface area contributed by atoms with Crippen LogP contribution in [0.25, 0.3) is 0 Å². The fraction of sp³-hybridized carbons (Fsp3) is 0.600. The van der Waals surface area contributed by atoms with Crippen LogP contribution < -0.4 is 5.32 Å². The highest BCUT2D eigenvalue weighted by Crippen LogP contribution is 2.12. The van der Waals surface area contributed by atoms with Crippen molar-refractivity contribution in [1.82, 2.24) is 14.9 Å². The van der Waals surface area contributed by atoms with Gasteiger partial charge >= 0.3 is 0 Å². The molecule has 0 saturated carbocycles. The molecule has 0 atom stereocenters. The van der Waals surface area contributed by atoms with E-state index in [2.05, 4.69) is 42.8 Å². The average molecular weight is 318 g/mol. The lowest BCUT2D eigenvalue weighted by Gasteiger charge is -2.15. The van der Waals surface area contributed by atoms with Crippen molar-refractivity contribution in [2.24, 2.45) is 0 Å². The number of hydrogen-bond acceptors (Lipinski definition) is 4. The Bertz CT molecular complexity index is 312. The monoisotopic (exact) mass is 318 g/mol. The molecule has 5 heteroatoms. The summed E-state index contributed by atoms with van der Waals surface area (Å²) in [6.45, 7) is 4.58. The second-order valence-corrected chi connectivity index (χ2v) is 4.86. The molecule has 15 heavy (non-hydrogen) atoms. The Morgan fingerprint density at radius 1 is 1.40 bits per heavy atom. The van der Waals surface area contributed by atoms with Gasteiger partial charge in [-0.05, 0) is 48.5 Å². The van der Waals surface area contributed by atoms with E-state index in [4.69, 9.17) is 0 Å². The maximum atomic E-state index is 4.19. The van der Waals surface area contributed by atoms with Gasteiger partial charge in [-0.3, -0.25) is 0 Å². The highest BCUT2D eigenvalue weighted by atomic mass is 127. The lowest BCUT2D eigenvalue weighted by atomic mass is 10.4.